The number of carboxylic acid groups (broad SMARTS) is 1. The Bertz CT molecular complexity index is 1040. The van der Waals surface area contributed by atoms with E-state index in [4.69, 9.17) is 10.4 Å². The minimum Gasteiger partial charge on any atom is -0.535 e. The average Bonchev–Trinajstić information content (AvgIpc) is 3.24. The van der Waals surface area contributed by atoms with Crippen molar-refractivity contribution < 1.29 is 19.6 Å². The number of nitrogens with zero attached hydrogens (tertiary/aromatic N) is 4. The Balaban J connectivity index is 1.49. The predicted molar refractivity (Wildman–Crippen MR) is 108 cm³/mol. The van der Waals surface area contributed by atoms with Gasteiger partial charge in [-0.15, -0.1) is 20.4 Å². The normalized spacial score (nSPS) is 15.9. The van der Waals surface area contributed by atoms with Gasteiger partial charge >= 0.3 is 13.1 Å². The fraction of sp³-hybridized carbons (Fsp3) is 0.214. The summed E-state index contributed by atoms with van der Waals surface area (Å²) in [5.41, 5.74) is 6.99. The SMILES string of the molecule is Cc1ccc2c(c1C(=O)O)OB(O)[C@@H](Sc1nnc(Sc3nnc(N)s3)s1)C2. The van der Waals surface area contributed by atoms with Crippen LogP contribution in [0.25, 0.3) is 0 Å². The van der Waals surface area contributed by atoms with E-state index in [9.17, 15) is 14.9 Å². The molecule has 1 aromatic carbocycles. The number of anilines is 1. The lowest BCUT2D eigenvalue weighted by molar-refractivity contribution is 0.0693. The minimum atomic E-state index is -1.15. The van der Waals surface area contributed by atoms with Crippen LogP contribution < -0.4 is 10.4 Å². The zero-order chi connectivity index (χ0) is 19.8. The average molecular weight is 453 g/mol. The van der Waals surface area contributed by atoms with Gasteiger partial charge in [0.25, 0.3) is 0 Å². The molecule has 2 aromatic heterocycles. The maximum absolute atomic E-state index is 11.5. The van der Waals surface area contributed by atoms with Crippen LogP contribution in [0.5, 0.6) is 5.75 Å². The molecule has 0 spiro atoms. The summed E-state index contributed by atoms with van der Waals surface area (Å²) >= 11 is 5.30. The third-order valence-electron chi connectivity index (χ3n) is 3.88. The topological polar surface area (TPSA) is 144 Å². The standard InChI is InChI=1S/C14H12BN5O4S4/c1-5-2-3-6-4-7(15(23)24-9(6)8(5)10(21)22)25-12-19-20-14(27-12)28-13-18-17-11(16)26-13/h2-3,7,23H,4H2,1H3,(H2,16,17)(H,21,22)/t7-/m0/s1. The number of hydrogen-bond donors (Lipinski definition) is 3. The molecule has 1 aliphatic heterocycles. The summed E-state index contributed by atoms with van der Waals surface area (Å²) in [7, 11) is -1.15. The van der Waals surface area contributed by atoms with E-state index in [0.717, 1.165) is 5.56 Å². The maximum atomic E-state index is 11.5. The number of aromatic nitrogens is 4. The first-order chi connectivity index (χ1) is 13.4. The van der Waals surface area contributed by atoms with Crippen molar-refractivity contribution in [3.8, 4) is 5.75 Å². The predicted octanol–water partition coefficient (Wildman–Crippen LogP) is 2.25. The van der Waals surface area contributed by atoms with Crippen LogP contribution >= 0.6 is 46.2 Å². The van der Waals surface area contributed by atoms with Gasteiger partial charge in [0.05, 0.1) is 5.15 Å². The van der Waals surface area contributed by atoms with Crippen LogP contribution in [0.15, 0.2) is 25.2 Å². The molecular formula is C14H12BN5O4S4. The minimum absolute atomic E-state index is 0.0888. The number of carbonyl (C=O) groups is 1. The van der Waals surface area contributed by atoms with Crippen LogP contribution in [0.1, 0.15) is 21.5 Å². The van der Waals surface area contributed by atoms with Crippen molar-refractivity contribution in [3.05, 3.63) is 28.8 Å². The Labute approximate surface area is 175 Å². The summed E-state index contributed by atoms with van der Waals surface area (Å²) in [6, 6.07) is 3.58. The highest BCUT2D eigenvalue weighted by atomic mass is 32.2. The van der Waals surface area contributed by atoms with E-state index in [1.54, 1.807) is 13.0 Å². The van der Waals surface area contributed by atoms with Gasteiger partial charge in [0.1, 0.15) is 11.3 Å². The third kappa shape index (κ3) is 3.96. The fourth-order valence-electron chi connectivity index (χ4n) is 2.65. The van der Waals surface area contributed by atoms with Crippen LogP contribution in [0.2, 0.25) is 0 Å². The molecule has 1 aliphatic rings. The molecule has 0 amide bonds. The molecule has 0 saturated carbocycles. The molecule has 0 fully saturated rings. The first-order valence-corrected chi connectivity index (χ1v) is 11.2. The zero-order valence-electron chi connectivity index (χ0n) is 14.2. The number of fused-ring (bicyclic) bond motifs is 1. The number of hydrogen-bond acceptors (Lipinski definition) is 12. The number of benzene rings is 1. The maximum Gasteiger partial charge on any atom is 0.537 e. The molecule has 0 unspecified atom stereocenters. The van der Waals surface area contributed by atoms with Crippen LogP contribution in [-0.2, 0) is 6.42 Å². The molecule has 0 aliphatic carbocycles. The molecule has 9 nitrogen and oxygen atoms in total. The number of thioether (sulfide) groups is 1. The van der Waals surface area contributed by atoms with Crippen molar-refractivity contribution >= 4 is 64.4 Å². The number of carboxylic acids is 1. The highest BCUT2D eigenvalue weighted by Crippen LogP contribution is 2.40. The van der Waals surface area contributed by atoms with Crippen LogP contribution in [-0.4, -0.2) is 48.8 Å². The third-order valence-corrected chi connectivity index (χ3v) is 7.97. The smallest absolute Gasteiger partial charge is 0.535 e. The number of rotatable bonds is 5. The van der Waals surface area contributed by atoms with E-state index in [1.165, 1.54) is 46.2 Å². The Kier molecular flexibility index (Phi) is 5.47. The summed E-state index contributed by atoms with van der Waals surface area (Å²) in [6.45, 7) is 1.70. The number of aryl methyl sites for hydroxylation is 1. The molecule has 4 rings (SSSR count). The molecule has 3 aromatic rings. The van der Waals surface area contributed by atoms with Crippen LogP contribution in [0.4, 0.5) is 5.13 Å². The van der Waals surface area contributed by atoms with Crippen molar-refractivity contribution in [2.24, 2.45) is 0 Å². The second-order valence-corrected chi connectivity index (χ2v) is 10.7. The summed E-state index contributed by atoms with van der Waals surface area (Å²) < 4.78 is 7.60. The van der Waals surface area contributed by atoms with Crippen molar-refractivity contribution in [2.45, 2.75) is 31.5 Å². The summed E-state index contributed by atoms with van der Waals surface area (Å²) in [4.78, 5) is 11.5. The van der Waals surface area contributed by atoms with Gasteiger partial charge in [-0.1, -0.05) is 46.6 Å². The molecule has 3 heterocycles. The second-order valence-electron chi connectivity index (χ2n) is 5.76. The first-order valence-electron chi connectivity index (χ1n) is 7.88. The first kappa shape index (κ1) is 19.5. The lowest BCUT2D eigenvalue weighted by Crippen LogP contribution is -2.40. The highest BCUT2D eigenvalue weighted by Gasteiger charge is 2.38. The van der Waals surface area contributed by atoms with Gasteiger partial charge in [-0.05, 0) is 36.2 Å². The second kappa shape index (κ2) is 7.87. The molecule has 0 radical (unpaired) electrons. The molecule has 0 saturated heterocycles. The molecule has 144 valence electrons. The van der Waals surface area contributed by atoms with Crippen LogP contribution in [0.3, 0.4) is 0 Å². The van der Waals surface area contributed by atoms with Gasteiger partial charge < -0.3 is 20.5 Å². The largest absolute Gasteiger partial charge is 0.537 e. The van der Waals surface area contributed by atoms with E-state index in [1.807, 2.05) is 6.07 Å². The Morgan fingerprint density at radius 1 is 1.25 bits per heavy atom. The van der Waals surface area contributed by atoms with Crippen molar-refractivity contribution in [1.82, 2.24) is 20.4 Å². The molecule has 28 heavy (non-hydrogen) atoms. The van der Waals surface area contributed by atoms with E-state index in [0.29, 0.717) is 30.1 Å². The highest BCUT2D eigenvalue weighted by molar-refractivity contribution is 8.05. The summed E-state index contributed by atoms with van der Waals surface area (Å²) in [6.07, 6.45) is 0.455. The Morgan fingerprint density at radius 3 is 2.68 bits per heavy atom. The van der Waals surface area contributed by atoms with E-state index < -0.39 is 13.1 Å². The van der Waals surface area contributed by atoms with Gasteiger partial charge in [-0.25, -0.2) is 4.79 Å². The quantitative estimate of drug-likeness (QED) is 0.489. The van der Waals surface area contributed by atoms with Gasteiger partial charge in [0, 0.05) is 0 Å². The van der Waals surface area contributed by atoms with Gasteiger partial charge in [0.15, 0.2) is 13.0 Å². The van der Waals surface area contributed by atoms with Crippen molar-refractivity contribution in [1.29, 1.82) is 0 Å². The lowest BCUT2D eigenvalue weighted by Gasteiger charge is -2.27. The molecule has 14 heteroatoms. The summed E-state index contributed by atoms with van der Waals surface area (Å²) in [5.74, 6) is -0.838. The van der Waals surface area contributed by atoms with E-state index in [2.05, 4.69) is 20.4 Å². The molecule has 0 bridgehead atoms. The fourth-order valence-corrected chi connectivity index (χ4v) is 6.82. The Hall–Kier alpha value is -1.87. The number of aromatic carboxylic acids is 1. The summed E-state index contributed by atoms with van der Waals surface area (Å²) in [5, 5.41) is 35.8. The molecule has 1 atom stereocenters. The molecular weight excluding hydrogens is 441 g/mol. The van der Waals surface area contributed by atoms with Crippen molar-refractivity contribution in [2.75, 3.05) is 5.73 Å². The van der Waals surface area contributed by atoms with E-state index in [-0.39, 0.29) is 16.5 Å². The van der Waals surface area contributed by atoms with Crippen LogP contribution in [0, 0.1) is 6.92 Å². The van der Waals surface area contributed by atoms with Gasteiger partial charge in [-0.3, -0.25) is 0 Å². The zero-order valence-corrected chi connectivity index (χ0v) is 17.5. The van der Waals surface area contributed by atoms with Crippen molar-refractivity contribution in [3.63, 3.8) is 0 Å². The Morgan fingerprint density at radius 2 is 1.96 bits per heavy atom. The lowest BCUT2D eigenvalue weighted by atomic mass is 9.77. The van der Waals surface area contributed by atoms with Gasteiger partial charge in [0.2, 0.25) is 5.13 Å². The van der Waals surface area contributed by atoms with Gasteiger partial charge in [-0.2, -0.15) is 0 Å². The monoisotopic (exact) mass is 453 g/mol. The molecule has 4 N–H and O–H groups in total. The number of nitrogens with two attached hydrogens (primary N) is 1. The number of nitrogen functional groups attached to an aromatic ring is 1. The van der Waals surface area contributed by atoms with E-state index >= 15 is 0 Å².